The molecule has 4 N–H and O–H groups in total. The molecule has 15 nitrogen and oxygen atoms in total. The number of hydrogen-bond acceptors (Lipinski definition) is 11. The van der Waals surface area contributed by atoms with E-state index in [1.165, 1.54) is 11.1 Å². The highest BCUT2D eigenvalue weighted by Gasteiger charge is 2.44. The van der Waals surface area contributed by atoms with Crippen LogP contribution in [0.5, 0.6) is 0 Å². The molecule has 56 heavy (non-hydrogen) atoms. The Morgan fingerprint density at radius 3 is 2.20 bits per heavy atom. The highest BCUT2D eigenvalue weighted by Crippen LogP contribution is 2.30. The lowest BCUT2D eigenvalue weighted by Crippen LogP contribution is -2.58. The standard InChI is InChI=1S/C40H54N8O7S/c1-24(26-9-11-27(12-10-26)33-25(2)43-23-56-33)44-36(52)30-19-29(49)22-48(30)37(53)34(39(3,4)5)45-32(50)21-42-35(51)28-13-14-31(41-20-28)46-15-17-47(18-16-46)38(54)55-40(6,7)8/h9-14,20,23-24,29-30,34,49H,15-19,21-22H2,1-8H3,(H,42,51)(H,44,52)(H,45,50)/t24-,29+,30-,34+/m0/s1. The smallest absolute Gasteiger partial charge is 0.410 e. The van der Waals surface area contributed by atoms with Crippen LogP contribution in [0.15, 0.2) is 48.1 Å². The minimum atomic E-state index is -1.05. The molecule has 3 aromatic rings. The lowest BCUT2D eigenvalue weighted by Gasteiger charge is -2.36. The Kier molecular flexibility index (Phi) is 13.0. The van der Waals surface area contributed by atoms with Crippen LogP contribution in [0.3, 0.4) is 0 Å². The van der Waals surface area contributed by atoms with Gasteiger partial charge in [-0.05, 0) is 63.3 Å². The highest BCUT2D eigenvalue weighted by molar-refractivity contribution is 7.13. The van der Waals surface area contributed by atoms with Gasteiger partial charge in [0.25, 0.3) is 5.91 Å². The molecule has 302 valence electrons. The number of amides is 5. The zero-order valence-electron chi connectivity index (χ0n) is 33.4. The van der Waals surface area contributed by atoms with Gasteiger partial charge in [0.15, 0.2) is 0 Å². The molecule has 0 spiro atoms. The van der Waals surface area contributed by atoms with Gasteiger partial charge in [0.1, 0.15) is 23.5 Å². The SMILES string of the molecule is Cc1ncsc1-c1ccc([C@H](C)NC(=O)[C@@H]2C[C@@H](O)CN2C(=O)[C@@H](NC(=O)CNC(=O)c2ccc(N3CCN(C(=O)OC(C)(C)C)CC3)nc2)C(C)(C)C)cc1. The van der Waals surface area contributed by atoms with Gasteiger partial charge in [0.05, 0.1) is 40.3 Å². The van der Waals surface area contributed by atoms with E-state index in [9.17, 15) is 29.1 Å². The second kappa shape index (κ2) is 17.4. The van der Waals surface area contributed by atoms with Crippen LogP contribution >= 0.6 is 11.3 Å². The third-order valence-corrected chi connectivity index (χ3v) is 10.7. The Hall–Kier alpha value is -5.09. The molecule has 0 bridgehead atoms. The quantitative estimate of drug-likeness (QED) is 0.236. The van der Waals surface area contributed by atoms with Crippen LogP contribution in [0, 0.1) is 12.3 Å². The predicted molar refractivity (Wildman–Crippen MR) is 213 cm³/mol. The van der Waals surface area contributed by atoms with Crippen molar-refractivity contribution in [3.8, 4) is 10.4 Å². The molecule has 0 radical (unpaired) electrons. The maximum Gasteiger partial charge on any atom is 0.410 e. The van der Waals surface area contributed by atoms with E-state index in [-0.39, 0.29) is 30.7 Å². The number of thiazole rings is 1. The molecular formula is C40H54N8O7S. The molecule has 2 aliphatic rings. The summed E-state index contributed by atoms with van der Waals surface area (Å²) in [6.07, 6.45) is 0.217. The number of anilines is 1. The van der Waals surface area contributed by atoms with Crippen LogP contribution < -0.4 is 20.9 Å². The van der Waals surface area contributed by atoms with Crippen LogP contribution in [-0.4, -0.2) is 118 Å². The van der Waals surface area contributed by atoms with E-state index in [1.807, 2.05) is 63.8 Å². The van der Waals surface area contributed by atoms with Gasteiger partial charge >= 0.3 is 6.09 Å². The summed E-state index contributed by atoms with van der Waals surface area (Å²) in [5, 5.41) is 18.9. The van der Waals surface area contributed by atoms with Crippen molar-refractivity contribution in [2.24, 2.45) is 5.41 Å². The fourth-order valence-corrected chi connectivity index (χ4v) is 7.45. The normalized spacial score (nSPS) is 18.6. The number of pyridine rings is 1. The van der Waals surface area contributed by atoms with E-state index in [1.54, 1.807) is 54.7 Å². The number of ether oxygens (including phenoxy) is 1. The van der Waals surface area contributed by atoms with Crippen LogP contribution in [-0.2, 0) is 19.1 Å². The van der Waals surface area contributed by atoms with Crippen molar-refractivity contribution in [2.45, 2.75) is 91.6 Å². The van der Waals surface area contributed by atoms with Crippen molar-refractivity contribution in [2.75, 3.05) is 44.2 Å². The Balaban J connectivity index is 1.14. The molecule has 0 saturated carbocycles. The minimum absolute atomic E-state index is 0.0594. The van der Waals surface area contributed by atoms with Gasteiger partial charge in [-0.2, -0.15) is 0 Å². The first-order valence-electron chi connectivity index (χ1n) is 18.9. The number of piperazine rings is 1. The van der Waals surface area contributed by atoms with Crippen molar-refractivity contribution in [3.63, 3.8) is 0 Å². The first kappa shape index (κ1) is 42.1. The number of rotatable bonds is 10. The molecule has 0 unspecified atom stereocenters. The van der Waals surface area contributed by atoms with Crippen molar-refractivity contribution < 1.29 is 33.8 Å². The summed E-state index contributed by atoms with van der Waals surface area (Å²) in [4.78, 5) is 81.0. The van der Waals surface area contributed by atoms with Crippen LogP contribution in [0.4, 0.5) is 10.6 Å². The third-order valence-electron chi connectivity index (χ3n) is 9.74. The summed E-state index contributed by atoms with van der Waals surface area (Å²) in [5.41, 5.74) is 3.58. The van der Waals surface area contributed by atoms with Gasteiger partial charge in [0, 0.05) is 45.3 Å². The molecule has 2 saturated heterocycles. The van der Waals surface area contributed by atoms with E-state index < -0.39 is 59.4 Å². The molecule has 2 aromatic heterocycles. The number of β-amino-alcohol motifs (C(OH)–C–C–N with tert-alkyl or cyclic N) is 1. The topological polar surface area (TPSA) is 186 Å². The summed E-state index contributed by atoms with van der Waals surface area (Å²) in [6, 6.07) is 8.82. The van der Waals surface area contributed by atoms with E-state index in [4.69, 9.17) is 4.74 Å². The van der Waals surface area contributed by atoms with Crippen molar-refractivity contribution in [3.05, 3.63) is 64.9 Å². The number of hydrogen-bond donors (Lipinski definition) is 4. The van der Waals surface area contributed by atoms with Crippen LogP contribution in [0.1, 0.15) is 82.5 Å². The van der Waals surface area contributed by atoms with Crippen LogP contribution in [0.25, 0.3) is 10.4 Å². The summed E-state index contributed by atoms with van der Waals surface area (Å²) < 4.78 is 5.46. The summed E-state index contributed by atoms with van der Waals surface area (Å²) in [6.45, 7) is 16.3. The van der Waals surface area contributed by atoms with E-state index in [0.717, 1.165) is 21.7 Å². The van der Waals surface area contributed by atoms with Gasteiger partial charge in [0.2, 0.25) is 17.7 Å². The van der Waals surface area contributed by atoms with Crippen molar-refractivity contribution in [1.82, 2.24) is 35.7 Å². The number of likely N-dealkylation sites (tertiary alicyclic amines) is 1. The third kappa shape index (κ3) is 10.6. The molecule has 5 amide bonds. The zero-order chi connectivity index (χ0) is 40.9. The van der Waals surface area contributed by atoms with E-state index in [2.05, 4.69) is 25.9 Å². The van der Waals surface area contributed by atoms with Crippen molar-refractivity contribution in [1.29, 1.82) is 0 Å². The molecule has 0 aliphatic carbocycles. The number of nitrogens with one attached hydrogen (secondary N) is 3. The summed E-state index contributed by atoms with van der Waals surface area (Å²) in [7, 11) is 0. The molecule has 2 aliphatic heterocycles. The Bertz CT molecular complexity index is 1880. The fourth-order valence-electron chi connectivity index (χ4n) is 6.64. The lowest BCUT2D eigenvalue weighted by molar-refractivity contribution is -0.144. The number of aryl methyl sites for hydroxylation is 1. The van der Waals surface area contributed by atoms with Crippen LogP contribution in [0.2, 0.25) is 0 Å². The van der Waals surface area contributed by atoms with Gasteiger partial charge in [-0.1, -0.05) is 45.0 Å². The molecule has 4 atom stereocenters. The molecular weight excluding hydrogens is 737 g/mol. The molecule has 2 fully saturated rings. The number of benzene rings is 1. The number of carbonyl (C=O) groups excluding carboxylic acids is 5. The zero-order valence-corrected chi connectivity index (χ0v) is 34.2. The second-order valence-corrected chi connectivity index (χ2v) is 17.3. The van der Waals surface area contributed by atoms with E-state index in [0.29, 0.717) is 32.0 Å². The first-order valence-corrected chi connectivity index (χ1v) is 19.7. The Labute approximate surface area is 332 Å². The molecule has 1 aromatic carbocycles. The molecule has 4 heterocycles. The summed E-state index contributed by atoms with van der Waals surface area (Å²) >= 11 is 1.56. The van der Waals surface area contributed by atoms with E-state index >= 15 is 0 Å². The predicted octanol–water partition coefficient (Wildman–Crippen LogP) is 3.67. The Morgan fingerprint density at radius 1 is 0.946 bits per heavy atom. The lowest BCUT2D eigenvalue weighted by atomic mass is 9.85. The average molecular weight is 791 g/mol. The largest absolute Gasteiger partial charge is 0.444 e. The Morgan fingerprint density at radius 2 is 1.62 bits per heavy atom. The van der Waals surface area contributed by atoms with Gasteiger partial charge < -0.3 is 40.5 Å². The maximum atomic E-state index is 14.0. The highest BCUT2D eigenvalue weighted by atomic mass is 32.1. The second-order valence-electron chi connectivity index (χ2n) is 16.4. The fraction of sp³-hybridized carbons (Fsp3) is 0.525. The monoisotopic (exact) mass is 790 g/mol. The first-order chi connectivity index (χ1) is 26.3. The average Bonchev–Trinajstić information content (AvgIpc) is 3.76. The minimum Gasteiger partial charge on any atom is -0.444 e. The number of carbonyl (C=O) groups is 5. The number of nitrogens with zero attached hydrogens (tertiary/aromatic N) is 5. The number of aliphatic hydroxyl groups excluding tert-OH is 1. The molecule has 16 heteroatoms. The van der Waals surface area contributed by atoms with Gasteiger partial charge in [-0.15, -0.1) is 11.3 Å². The number of aromatic nitrogens is 2. The number of aliphatic hydroxyl groups is 1. The van der Waals surface area contributed by atoms with Gasteiger partial charge in [-0.25, -0.2) is 14.8 Å². The summed E-state index contributed by atoms with van der Waals surface area (Å²) in [5.74, 6) is -1.37. The van der Waals surface area contributed by atoms with Gasteiger partial charge in [-0.3, -0.25) is 19.2 Å². The molecule has 5 rings (SSSR count). The maximum absolute atomic E-state index is 14.0. The van der Waals surface area contributed by atoms with Crippen molar-refractivity contribution >= 4 is 46.9 Å².